The average Bonchev–Trinajstić information content (AvgIpc) is 2.97. The summed E-state index contributed by atoms with van der Waals surface area (Å²) in [6, 6.07) is 2.21. The van der Waals surface area contributed by atoms with Crippen molar-refractivity contribution in [1.82, 2.24) is 9.88 Å². The minimum Gasteiger partial charge on any atom is -0.377 e. The monoisotopic (exact) mass is 288 g/mol. The average molecular weight is 288 g/mol. The van der Waals surface area contributed by atoms with Crippen molar-refractivity contribution in [2.45, 2.75) is 33.0 Å². The molecule has 0 aromatic carbocycles. The number of hydrogen-bond acceptors (Lipinski definition) is 4. The number of thiophene rings is 1. The van der Waals surface area contributed by atoms with Gasteiger partial charge in [-0.15, -0.1) is 0 Å². The molecule has 0 saturated carbocycles. The Morgan fingerprint density at radius 3 is 3.15 bits per heavy atom. The molecule has 0 fully saturated rings. The van der Waals surface area contributed by atoms with E-state index in [2.05, 4.69) is 26.7 Å². The maximum atomic E-state index is 5.55. The first-order valence-electron chi connectivity index (χ1n) is 7.12. The molecule has 0 bridgehead atoms. The summed E-state index contributed by atoms with van der Waals surface area (Å²) in [5.74, 6) is 0. The summed E-state index contributed by atoms with van der Waals surface area (Å²) in [5.41, 5.74) is 5.50. The molecule has 106 valence electrons. The van der Waals surface area contributed by atoms with Crippen molar-refractivity contribution in [3.63, 3.8) is 0 Å². The molecule has 20 heavy (non-hydrogen) atoms. The molecule has 0 N–H and O–H groups in total. The molecule has 2 aromatic heterocycles. The highest BCUT2D eigenvalue weighted by molar-refractivity contribution is 7.07. The molecule has 0 amide bonds. The van der Waals surface area contributed by atoms with Gasteiger partial charge in [-0.1, -0.05) is 0 Å². The Bertz CT molecular complexity index is 554. The van der Waals surface area contributed by atoms with Gasteiger partial charge in [0.1, 0.15) is 0 Å². The van der Waals surface area contributed by atoms with Gasteiger partial charge in [-0.2, -0.15) is 11.3 Å². The highest BCUT2D eigenvalue weighted by atomic mass is 32.1. The number of ether oxygens (including phenoxy) is 1. The lowest BCUT2D eigenvalue weighted by molar-refractivity contribution is 0.132. The summed E-state index contributed by atoms with van der Waals surface area (Å²) >= 11 is 1.77. The van der Waals surface area contributed by atoms with Crippen LogP contribution in [0.2, 0.25) is 0 Å². The molecule has 0 aliphatic carbocycles. The Morgan fingerprint density at radius 2 is 2.35 bits per heavy atom. The van der Waals surface area contributed by atoms with Crippen molar-refractivity contribution >= 4 is 11.3 Å². The van der Waals surface area contributed by atoms with E-state index in [9.17, 15) is 0 Å². The number of fused-ring (bicyclic) bond motifs is 1. The van der Waals surface area contributed by atoms with Crippen LogP contribution < -0.4 is 0 Å². The second-order valence-corrected chi connectivity index (χ2v) is 5.95. The zero-order valence-electron chi connectivity index (χ0n) is 11.8. The molecule has 0 unspecified atom stereocenters. The Kier molecular flexibility index (Phi) is 4.45. The molecule has 1 aliphatic heterocycles. The number of rotatable bonds is 5. The summed E-state index contributed by atoms with van der Waals surface area (Å²) in [7, 11) is 0. The van der Waals surface area contributed by atoms with Crippen LogP contribution in [0.25, 0.3) is 0 Å². The molecular weight excluding hydrogens is 268 g/mol. The van der Waals surface area contributed by atoms with E-state index in [1.54, 1.807) is 11.3 Å². The summed E-state index contributed by atoms with van der Waals surface area (Å²) in [5, 5.41) is 4.38. The van der Waals surface area contributed by atoms with E-state index >= 15 is 0 Å². The molecule has 1 aliphatic rings. The fourth-order valence-electron chi connectivity index (χ4n) is 2.74. The molecule has 0 atom stereocenters. The number of pyridine rings is 1. The Morgan fingerprint density at radius 1 is 1.40 bits per heavy atom. The van der Waals surface area contributed by atoms with Crippen molar-refractivity contribution < 1.29 is 4.74 Å². The first-order chi connectivity index (χ1) is 9.86. The standard InChI is InChI=1S/C16H20N2OS/c1-2-19-11-15-8-17-7-14-10-18(5-3-16(14)15)9-13-4-6-20-12-13/h4,6-8,12H,2-3,5,9-11H2,1H3. The predicted octanol–water partition coefficient (Wildman–Crippen LogP) is 3.24. The number of aromatic nitrogens is 1. The molecule has 0 radical (unpaired) electrons. The molecule has 0 saturated heterocycles. The van der Waals surface area contributed by atoms with Crippen molar-refractivity contribution in [2.75, 3.05) is 13.2 Å². The van der Waals surface area contributed by atoms with Crippen molar-refractivity contribution in [1.29, 1.82) is 0 Å². The van der Waals surface area contributed by atoms with E-state index in [-0.39, 0.29) is 0 Å². The predicted molar refractivity (Wildman–Crippen MR) is 81.7 cm³/mol. The SMILES string of the molecule is CCOCc1cncc2c1CCN(Cc1ccsc1)C2. The van der Waals surface area contributed by atoms with Gasteiger partial charge in [0, 0.05) is 38.6 Å². The zero-order valence-corrected chi connectivity index (χ0v) is 12.7. The fraction of sp³-hybridized carbons (Fsp3) is 0.438. The second-order valence-electron chi connectivity index (χ2n) is 5.17. The topological polar surface area (TPSA) is 25.4 Å². The maximum absolute atomic E-state index is 5.55. The van der Waals surface area contributed by atoms with Crippen LogP contribution in [0.4, 0.5) is 0 Å². The summed E-state index contributed by atoms with van der Waals surface area (Å²) < 4.78 is 5.55. The van der Waals surface area contributed by atoms with Gasteiger partial charge in [-0.3, -0.25) is 9.88 Å². The van der Waals surface area contributed by atoms with E-state index in [4.69, 9.17) is 4.74 Å². The summed E-state index contributed by atoms with van der Waals surface area (Å²) in [6.07, 6.45) is 5.08. The van der Waals surface area contributed by atoms with Gasteiger partial charge in [0.15, 0.2) is 0 Å². The van der Waals surface area contributed by atoms with E-state index in [1.807, 2.05) is 19.3 Å². The third kappa shape index (κ3) is 3.08. The van der Waals surface area contributed by atoms with Gasteiger partial charge >= 0.3 is 0 Å². The van der Waals surface area contributed by atoms with E-state index in [0.717, 1.165) is 32.7 Å². The summed E-state index contributed by atoms with van der Waals surface area (Å²) in [4.78, 5) is 6.87. The molecule has 3 heterocycles. The van der Waals surface area contributed by atoms with Crippen LogP contribution >= 0.6 is 11.3 Å². The van der Waals surface area contributed by atoms with E-state index in [1.165, 1.54) is 22.3 Å². The molecule has 4 heteroatoms. The van der Waals surface area contributed by atoms with Crippen LogP contribution in [0.3, 0.4) is 0 Å². The number of hydrogen-bond donors (Lipinski definition) is 0. The lowest BCUT2D eigenvalue weighted by Gasteiger charge is -2.29. The van der Waals surface area contributed by atoms with Crippen LogP contribution in [0, 0.1) is 0 Å². The fourth-order valence-corrected chi connectivity index (χ4v) is 3.40. The normalized spacial score (nSPS) is 15.2. The van der Waals surface area contributed by atoms with Gasteiger partial charge in [0.05, 0.1) is 6.61 Å². The third-order valence-corrected chi connectivity index (χ3v) is 4.49. The Balaban J connectivity index is 1.71. The Hall–Kier alpha value is -1.23. The van der Waals surface area contributed by atoms with E-state index < -0.39 is 0 Å². The van der Waals surface area contributed by atoms with Crippen LogP contribution in [0.5, 0.6) is 0 Å². The van der Waals surface area contributed by atoms with Crippen LogP contribution in [0.15, 0.2) is 29.2 Å². The third-order valence-electron chi connectivity index (χ3n) is 3.76. The largest absolute Gasteiger partial charge is 0.377 e. The van der Waals surface area contributed by atoms with Crippen LogP contribution in [0.1, 0.15) is 29.2 Å². The first kappa shape index (κ1) is 13.7. The minimum absolute atomic E-state index is 0.692. The van der Waals surface area contributed by atoms with Crippen molar-refractivity contribution in [2.24, 2.45) is 0 Å². The smallest absolute Gasteiger partial charge is 0.0734 e. The van der Waals surface area contributed by atoms with Gasteiger partial charge in [-0.25, -0.2) is 0 Å². The molecule has 3 nitrogen and oxygen atoms in total. The van der Waals surface area contributed by atoms with Gasteiger partial charge in [0.2, 0.25) is 0 Å². The molecule has 3 rings (SSSR count). The zero-order chi connectivity index (χ0) is 13.8. The second kappa shape index (κ2) is 6.48. The number of nitrogens with zero attached hydrogens (tertiary/aromatic N) is 2. The molecular formula is C16H20N2OS. The van der Waals surface area contributed by atoms with Gasteiger partial charge < -0.3 is 4.74 Å². The van der Waals surface area contributed by atoms with Crippen molar-refractivity contribution in [3.05, 3.63) is 51.5 Å². The lowest BCUT2D eigenvalue weighted by Crippen LogP contribution is -2.30. The highest BCUT2D eigenvalue weighted by Crippen LogP contribution is 2.23. The molecule has 0 spiro atoms. The van der Waals surface area contributed by atoms with E-state index in [0.29, 0.717) is 6.61 Å². The van der Waals surface area contributed by atoms with Crippen LogP contribution in [-0.4, -0.2) is 23.0 Å². The molecule has 2 aromatic rings. The lowest BCUT2D eigenvalue weighted by atomic mass is 9.97. The minimum atomic E-state index is 0.692. The van der Waals surface area contributed by atoms with Crippen LogP contribution in [-0.2, 0) is 30.9 Å². The first-order valence-corrected chi connectivity index (χ1v) is 8.07. The summed E-state index contributed by atoms with van der Waals surface area (Å²) in [6.45, 7) is 6.64. The quantitative estimate of drug-likeness (QED) is 0.844. The van der Waals surface area contributed by atoms with Gasteiger partial charge in [0.25, 0.3) is 0 Å². The Labute approximate surface area is 124 Å². The maximum Gasteiger partial charge on any atom is 0.0734 e. The van der Waals surface area contributed by atoms with Gasteiger partial charge in [-0.05, 0) is 52.4 Å². The highest BCUT2D eigenvalue weighted by Gasteiger charge is 2.19. The van der Waals surface area contributed by atoms with Crippen molar-refractivity contribution in [3.8, 4) is 0 Å².